The van der Waals surface area contributed by atoms with Crippen molar-refractivity contribution in [2.75, 3.05) is 13.7 Å². The van der Waals surface area contributed by atoms with Gasteiger partial charge in [0.15, 0.2) is 0 Å². The van der Waals surface area contributed by atoms with E-state index < -0.39 is 6.04 Å². The molecule has 1 N–H and O–H groups in total. The minimum atomic E-state index is -0.502. The molecule has 0 radical (unpaired) electrons. The van der Waals surface area contributed by atoms with Gasteiger partial charge in [0, 0.05) is 19.5 Å². The summed E-state index contributed by atoms with van der Waals surface area (Å²) in [5.41, 5.74) is 2.06. The Morgan fingerprint density at radius 3 is 2.37 bits per heavy atom. The molecule has 0 aromatic heterocycles. The zero-order valence-corrected chi connectivity index (χ0v) is 18.6. The van der Waals surface area contributed by atoms with Crippen LogP contribution in [0.5, 0.6) is 5.75 Å². The Kier molecular flexibility index (Phi) is 9.39. The van der Waals surface area contributed by atoms with Crippen molar-refractivity contribution in [3.05, 3.63) is 65.7 Å². The number of nitrogens with one attached hydrogen (secondary N) is 1. The van der Waals surface area contributed by atoms with E-state index in [9.17, 15) is 9.59 Å². The van der Waals surface area contributed by atoms with Gasteiger partial charge in [0.2, 0.25) is 11.8 Å². The molecule has 0 bridgehead atoms. The molecule has 0 spiro atoms. The molecular weight excluding hydrogens is 376 g/mol. The third-order valence-electron chi connectivity index (χ3n) is 5.03. The minimum Gasteiger partial charge on any atom is -0.497 e. The standard InChI is InChI=1S/C25H34N2O3/c1-5-23(25(29)26-17-19(2)3)27(18-21-12-9-13-22(16-21)30-4)24(28)15-14-20-10-7-6-8-11-20/h6-13,16,19,23H,5,14-15,17-18H2,1-4H3,(H,26,29)/t23-/m1/s1. The van der Waals surface area contributed by atoms with E-state index in [0.29, 0.717) is 38.3 Å². The highest BCUT2D eigenvalue weighted by molar-refractivity contribution is 5.87. The van der Waals surface area contributed by atoms with Gasteiger partial charge in [0.1, 0.15) is 11.8 Å². The molecule has 0 fully saturated rings. The first kappa shape index (κ1) is 23.5. The summed E-state index contributed by atoms with van der Waals surface area (Å²) in [6.07, 6.45) is 1.57. The van der Waals surface area contributed by atoms with E-state index in [1.807, 2.05) is 61.5 Å². The van der Waals surface area contributed by atoms with Crippen molar-refractivity contribution in [3.8, 4) is 5.75 Å². The van der Waals surface area contributed by atoms with Crippen LogP contribution in [-0.2, 0) is 22.6 Å². The summed E-state index contributed by atoms with van der Waals surface area (Å²) in [6.45, 7) is 7.03. The maximum atomic E-state index is 13.2. The lowest BCUT2D eigenvalue weighted by atomic mass is 10.1. The number of methoxy groups -OCH3 is 1. The Hall–Kier alpha value is -2.82. The summed E-state index contributed by atoms with van der Waals surface area (Å²) in [5, 5.41) is 2.99. The van der Waals surface area contributed by atoms with Crippen molar-refractivity contribution >= 4 is 11.8 Å². The normalized spacial score (nSPS) is 11.8. The molecule has 0 saturated carbocycles. The van der Waals surface area contributed by atoms with Crippen molar-refractivity contribution in [1.29, 1.82) is 0 Å². The molecule has 0 aliphatic carbocycles. The van der Waals surface area contributed by atoms with E-state index in [2.05, 4.69) is 19.2 Å². The second-order valence-electron chi connectivity index (χ2n) is 7.92. The van der Waals surface area contributed by atoms with Gasteiger partial charge in [-0.15, -0.1) is 0 Å². The molecule has 0 saturated heterocycles. The molecule has 2 aromatic carbocycles. The van der Waals surface area contributed by atoms with Crippen LogP contribution in [0.1, 0.15) is 44.7 Å². The average molecular weight is 411 g/mol. The van der Waals surface area contributed by atoms with Crippen molar-refractivity contribution in [3.63, 3.8) is 0 Å². The van der Waals surface area contributed by atoms with Crippen LogP contribution in [0.4, 0.5) is 0 Å². The third kappa shape index (κ3) is 7.21. The number of benzene rings is 2. The van der Waals surface area contributed by atoms with Crippen LogP contribution in [0.25, 0.3) is 0 Å². The Morgan fingerprint density at radius 2 is 1.73 bits per heavy atom. The number of nitrogens with zero attached hydrogens (tertiary/aromatic N) is 1. The number of ether oxygens (including phenoxy) is 1. The SMILES string of the molecule is CC[C@H](C(=O)NCC(C)C)N(Cc1cccc(OC)c1)C(=O)CCc1ccccc1. The van der Waals surface area contributed by atoms with Gasteiger partial charge in [0.05, 0.1) is 7.11 Å². The smallest absolute Gasteiger partial charge is 0.242 e. The maximum absolute atomic E-state index is 13.2. The zero-order chi connectivity index (χ0) is 21.9. The average Bonchev–Trinajstić information content (AvgIpc) is 2.76. The first-order chi connectivity index (χ1) is 14.4. The van der Waals surface area contributed by atoms with E-state index in [-0.39, 0.29) is 11.8 Å². The number of amides is 2. The Bertz CT molecular complexity index is 805. The summed E-state index contributed by atoms with van der Waals surface area (Å²) < 4.78 is 5.32. The van der Waals surface area contributed by atoms with Crippen molar-refractivity contribution in [2.45, 2.75) is 52.6 Å². The molecule has 5 nitrogen and oxygen atoms in total. The molecule has 5 heteroatoms. The molecule has 0 aliphatic rings. The van der Waals surface area contributed by atoms with Crippen molar-refractivity contribution < 1.29 is 14.3 Å². The maximum Gasteiger partial charge on any atom is 0.242 e. The fraction of sp³-hybridized carbons (Fsp3) is 0.440. The number of carbonyl (C=O) groups is 2. The van der Waals surface area contributed by atoms with Crippen LogP contribution < -0.4 is 10.1 Å². The first-order valence-corrected chi connectivity index (χ1v) is 10.7. The quantitative estimate of drug-likeness (QED) is 0.604. The fourth-order valence-corrected chi connectivity index (χ4v) is 3.35. The third-order valence-corrected chi connectivity index (χ3v) is 5.03. The number of hydrogen-bond acceptors (Lipinski definition) is 3. The van der Waals surface area contributed by atoms with Crippen LogP contribution in [0.2, 0.25) is 0 Å². The van der Waals surface area contributed by atoms with Crippen molar-refractivity contribution in [1.82, 2.24) is 10.2 Å². The van der Waals surface area contributed by atoms with Gasteiger partial charge in [-0.3, -0.25) is 9.59 Å². The second-order valence-corrected chi connectivity index (χ2v) is 7.92. The van der Waals surface area contributed by atoms with E-state index in [0.717, 1.165) is 16.9 Å². The van der Waals surface area contributed by atoms with E-state index in [1.54, 1.807) is 12.0 Å². The van der Waals surface area contributed by atoms with Gasteiger partial charge in [-0.25, -0.2) is 0 Å². The predicted molar refractivity (Wildman–Crippen MR) is 120 cm³/mol. The molecular formula is C25H34N2O3. The largest absolute Gasteiger partial charge is 0.497 e. The Balaban J connectivity index is 2.20. The number of aryl methyl sites for hydroxylation is 1. The highest BCUT2D eigenvalue weighted by Gasteiger charge is 2.28. The van der Waals surface area contributed by atoms with Gasteiger partial charge in [0.25, 0.3) is 0 Å². The summed E-state index contributed by atoms with van der Waals surface area (Å²) in [4.78, 5) is 27.8. The molecule has 0 aliphatic heterocycles. The second kappa shape index (κ2) is 12.0. The molecule has 2 amide bonds. The van der Waals surface area contributed by atoms with E-state index >= 15 is 0 Å². The van der Waals surface area contributed by atoms with Gasteiger partial charge < -0.3 is 15.0 Å². The van der Waals surface area contributed by atoms with Crippen LogP contribution in [0.3, 0.4) is 0 Å². The molecule has 0 heterocycles. The summed E-state index contributed by atoms with van der Waals surface area (Å²) in [7, 11) is 1.62. The Morgan fingerprint density at radius 1 is 1.03 bits per heavy atom. The van der Waals surface area contributed by atoms with Gasteiger partial charge >= 0.3 is 0 Å². The zero-order valence-electron chi connectivity index (χ0n) is 18.6. The van der Waals surface area contributed by atoms with Crippen LogP contribution in [0, 0.1) is 5.92 Å². The molecule has 2 aromatic rings. The van der Waals surface area contributed by atoms with Gasteiger partial charge in [-0.2, -0.15) is 0 Å². The topological polar surface area (TPSA) is 58.6 Å². The lowest BCUT2D eigenvalue weighted by Gasteiger charge is -2.31. The number of carbonyl (C=O) groups excluding carboxylic acids is 2. The van der Waals surface area contributed by atoms with E-state index in [1.165, 1.54) is 0 Å². The molecule has 1 atom stereocenters. The fourth-order valence-electron chi connectivity index (χ4n) is 3.35. The lowest BCUT2D eigenvalue weighted by Crippen LogP contribution is -2.49. The molecule has 2 rings (SSSR count). The summed E-state index contributed by atoms with van der Waals surface area (Å²) >= 11 is 0. The summed E-state index contributed by atoms with van der Waals surface area (Å²) in [6, 6.07) is 17.1. The lowest BCUT2D eigenvalue weighted by molar-refractivity contribution is -0.141. The van der Waals surface area contributed by atoms with Crippen LogP contribution in [0.15, 0.2) is 54.6 Å². The first-order valence-electron chi connectivity index (χ1n) is 10.7. The highest BCUT2D eigenvalue weighted by atomic mass is 16.5. The Labute approximate surface area is 180 Å². The minimum absolute atomic E-state index is 0.0202. The van der Waals surface area contributed by atoms with Gasteiger partial charge in [-0.1, -0.05) is 63.2 Å². The van der Waals surface area contributed by atoms with Gasteiger partial charge in [-0.05, 0) is 42.0 Å². The van der Waals surface area contributed by atoms with E-state index in [4.69, 9.17) is 4.74 Å². The van der Waals surface area contributed by atoms with Crippen LogP contribution >= 0.6 is 0 Å². The highest BCUT2D eigenvalue weighted by Crippen LogP contribution is 2.18. The molecule has 30 heavy (non-hydrogen) atoms. The molecule has 162 valence electrons. The van der Waals surface area contributed by atoms with Crippen LogP contribution in [-0.4, -0.2) is 36.4 Å². The summed E-state index contributed by atoms with van der Waals surface area (Å²) in [5.74, 6) is 0.976. The number of hydrogen-bond donors (Lipinski definition) is 1. The monoisotopic (exact) mass is 410 g/mol. The number of rotatable bonds is 11. The van der Waals surface area contributed by atoms with Crippen molar-refractivity contribution in [2.24, 2.45) is 5.92 Å². The predicted octanol–water partition coefficient (Wildman–Crippen LogP) is 4.21. The molecule has 0 unspecified atom stereocenters.